The van der Waals surface area contributed by atoms with Gasteiger partial charge in [-0.3, -0.25) is 15.0 Å². The Balaban J connectivity index is 1.75. The minimum absolute atomic E-state index is 0.120. The number of ether oxygens (including phenoxy) is 1. The lowest BCUT2D eigenvalue weighted by atomic mass is 10.1. The van der Waals surface area contributed by atoms with Gasteiger partial charge < -0.3 is 4.74 Å². The Morgan fingerprint density at radius 1 is 1.07 bits per heavy atom. The van der Waals surface area contributed by atoms with Gasteiger partial charge in [0, 0.05) is 0 Å². The molecule has 1 N–H and O–H groups in total. The molecule has 2 aromatic rings. The number of nitrogens with zero attached hydrogens (tertiary/aromatic N) is 1. The largest absolute Gasteiger partial charge is 0.493 e. The summed E-state index contributed by atoms with van der Waals surface area (Å²) in [5, 5.41) is 1.27. The molecule has 5 heteroatoms. The van der Waals surface area contributed by atoms with Crippen LogP contribution in [0.3, 0.4) is 0 Å². The van der Waals surface area contributed by atoms with Gasteiger partial charge in [-0.1, -0.05) is 44.0 Å². The quantitative estimate of drug-likeness (QED) is 0.458. The fourth-order valence-corrected chi connectivity index (χ4v) is 2.94. The zero-order valence-electron chi connectivity index (χ0n) is 15.7. The van der Waals surface area contributed by atoms with Crippen molar-refractivity contribution in [3.8, 4) is 5.75 Å². The molecule has 1 saturated heterocycles. The first-order valence-corrected chi connectivity index (χ1v) is 9.26. The molecule has 140 valence electrons. The smallest absolute Gasteiger partial charge is 0.282 e. The van der Waals surface area contributed by atoms with Gasteiger partial charge in [0.25, 0.3) is 11.8 Å². The third kappa shape index (κ3) is 4.37. The van der Waals surface area contributed by atoms with Crippen molar-refractivity contribution < 1.29 is 14.3 Å². The molecule has 0 unspecified atom stereocenters. The second kappa shape index (κ2) is 8.54. The van der Waals surface area contributed by atoms with E-state index in [0.717, 1.165) is 36.1 Å². The number of hydrogen-bond acceptors (Lipinski definition) is 3. The first kappa shape index (κ1) is 18.7. The molecule has 0 radical (unpaired) electrons. The van der Waals surface area contributed by atoms with Crippen molar-refractivity contribution in [1.82, 2.24) is 5.43 Å². The number of unbranched alkanes of at least 4 members (excludes halogenated alkanes) is 2. The van der Waals surface area contributed by atoms with Crippen LogP contribution in [0.1, 0.15) is 37.3 Å². The van der Waals surface area contributed by atoms with E-state index in [4.69, 9.17) is 4.74 Å². The van der Waals surface area contributed by atoms with Crippen molar-refractivity contribution in [3.63, 3.8) is 0 Å². The Labute approximate surface area is 159 Å². The highest BCUT2D eigenvalue weighted by Crippen LogP contribution is 2.24. The van der Waals surface area contributed by atoms with Crippen LogP contribution >= 0.6 is 0 Å². The first-order valence-electron chi connectivity index (χ1n) is 9.26. The van der Waals surface area contributed by atoms with Crippen LogP contribution in [0.2, 0.25) is 0 Å². The standard InChI is InChI=1S/C22H24N2O3/c1-3-4-8-13-27-20-12-11-17(14-16(20)2)15-19-21(25)23-24(22(19)26)18-9-6-5-7-10-18/h5-7,9-12,14-15H,3-4,8,13H2,1-2H3,(H,23,25). The van der Waals surface area contributed by atoms with Gasteiger partial charge in [-0.2, -0.15) is 0 Å². The number of hydrogen-bond donors (Lipinski definition) is 1. The van der Waals surface area contributed by atoms with Crippen molar-refractivity contribution in [1.29, 1.82) is 0 Å². The van der Waals surface area contributed by atoms with E-state index in [1.807, 2.05) is 43.3 Å². The molecule has 0 spiro atoms. The second-order valence-electron chi connectivity index (χ2n) is 6.56. The average Bonchev–Trinajstić information content (AvgIpc) is 2.95. The van der Waals surface area contributed by atoms with Crippen molar-refractivity contribution in [3.05, 3.63) is 65.2 Å². The summed E-state index contributed by atoms with van der Waals surface area (Å²) in [5.74, 6) is 0.0755. The van der Waals surface area contributed by atoms with Crippen molar-refractivity contribution in [2.45, 2.75) is 33.1 Å². The van der Waals surface area contributed by atoms with E-state index in [2.05, 4.69) is 12.3 Å². The number of benzene rings is 2. The SMILES string of the molecule is CCCCCOc1ccc(C=C2C(=O)NN(c3ccccc3)C2=O)cc1C. The van der Waals surface area contributed by atoms with Crippen molar-refractivity contribution in [2.24, 2.45) is 0 Å². The summed E-state index contributed by atoms with van der Waals surface area (Å²) in [4.78, 5) is 24.9. The minimum atomic E-state index is -0.401. The predicted octanol–water partition coefficient (Wildman–Crippen LogP) is 4.03. The highest BCUT2D eigenvalue weighted by Gasteiger charge is 2.34. The highest BCUT2D eigenvalue weighted by molar-refractivity contribution is 6.31. The molecule has 1 fully saturated rings. The van der Waals surface area contributed by atoms with Gasteiger partial charge in [-0.05, 0) is 54.8 Å². The van der Waals surface area contributed by atoms with Crippen LogP contribution in [0.4, 0.5) is 5.69 Å². The lowest BCUT2D eigenvalue weighted by Gasteiger charge is -2.13. The molecular formula is C22H24N2O3. The van der Waals surface area contributed by atoms with Gasteiger partial charge in [0.2, 0.25) is 0 Å². The predicted molar refractivity (Wildman–Crippen MR) is 106 cm³/mol. The number of hydrazine groups is 1. The third-order valence-corrected chi connectivity index (χ3v) is 4.42. The molecule has 0 aromatic heterocycles. The minimum Gasteiger partial charge on any atom is -0.493 e. The Morgan fingerprint density at radius 2 is 1.85 bits per heavy atom. The molecule has 1 heterocycles. The molecule has 1 aliphatic heterocycles. The lowest BCUT2D eigenvalue weighted by molar-refractivity contribution is -0.117. The third-order valence-electron chi connectivity index (χ3n) is 4.42. The molecule has 0 bridgehead atoms. The van der Waals surface area contributed by atoms with E-state index in [-0.39, 0.29) is 11.5 Å². The molecule has 0 aliphatic carbocycles. The Morgan fingerprint density at radius 3 is 2.56 bits per heavy atom. The first-order chi connectivity index (χ1) is 13.1. The highest BCUT2D eigenvalue weighted by atomic mass is 16.5. The Kier molecular flexibility index (Phi) is 5.91. The van der Waals surface area contributed by atoms with E-state index in [0.29, 0.717) is 12.3 Å². The van der Waals surface area contributed by atoms with Crippen LogP contribution in [0.15, 0.2) is 54.1 Å². The summed E-state index contributed by atoms with van der Waals surface area (Å²) in [6, 6.07) is 14.7. The zero-order chi connectivity index (χ0) is 19.2. The summed E-state index contributed by atoms with van der Waals surface area (Å²) < 4.78 is 5.81. The number of nitrogens with one attached hydrogen (secondary N) is 1. The number of carbonyl (C=O) groups excluding carboxylic acids is 2. The van der Waals surface area contributed by atoms with Gasteiger partial charge >= 0.3 is 0 Å². The molecule has 0 saturated carbocycles. The maximum absolute atomic E-state index is 12.6. The van der Waals surface area contributed by atoms with Gasteiger partial charge in [-0.25, -0.2) is 5.01 Å². The fourth-order valence-electron chi connectivity index (χ4n) is 2.94. The molecule has 2 aromatic carbocycles. The van der Waals surface area contributed by atoms with E-state index in [1.165, 1.54) is 5.01 Å². The van der Waals surface area contributed by atoms with E-state index < -0.39 is 5.91 Å². The van der Waals surface area contributed by atoms with Crippen LogP contribution in [-0.2, 0) is 9.59 Å². The second-order valence-corrected chi connectivity index (χ2v) is 6.56. The molecular weight excluding hydrogens is 340 g/mol. The summed E-state index contributed by atoms with van der Waals surface area (Å²) >= 11 is 0. The van der Waals surface area contributed by atoms with Crippen LogP contribution < -0.4 is 15.2 Å². The molecule has 3 rings (SSSR count). The lowest BCUT2D eigenvalue weighted by Crippen LogP contribution is -2.35. The van der Waals surface area contributed by atoms with Gasteiger partial charge in [0.05, 0.1) is 12.3 Å². The Hall–Kier alpha value is -3.08. The molecule has 1 aliphatic rings. The summed E-state index contributed by atoms with van der Waals surface area (Å²) in [6.45, 7) is 4.82. The number of rotatable bonds is 7. The van der Waals surface area contributed by atoms with Crippen LogP contribution in [0.5, 0.6) is 5.75 Å². The average molecular weight is 364 g/mol. The monoisotopic (exact) mass is 364 g/mol. The van der Waals surface area contributed by atoms with E-state index in [1.54, 1.807) is 18.2 Å². The van der Waals surface area contributed by atoms with Crippen molar-refractivity contribution >= 4 is 23.6 Å². The van der Waals surface area contributed by atoms with Gasteiger partial charge in [-0.15, -0.1) is 0 Å². The normalized spacial score (nSPS) is 15.3. The number of para-hydroxylation sites is 1. The number of anilines is 1. The van der Waals surface area contributed by atoms with Gasteiger partial charge in [0.1, 0.15) is 11.3 Å². The maximum Gasteiger partial charge on any atom is 0.282 e. The van der Waals surface area contributed by atoms with Crippen LogP contribution in [-0.4, -0.2) is 18.4 Å². The van der Waals surface area contributed by atoms with E-state index >= 15 is 0 Å². The summed E-state index contributed by atoms with van der Waals surface area (Å²) in [6.07, 6.45) is 4.96. The van der Waals surface area contributed by atoms with Crippen LogP contribution in [0.25, 0.3) is 6.08 Å². The summed E-state index contributed by atoms with van der Waals surface area (Å²) in [7, 11) is 0. The molecule has 0 atom stereocenters. The van der Waals surface area contributed by atoms with E-state index in [9.17, 15) is 9.59 Å². The Bertz CT molecular complexity index is 859. The number of amides is 2. The maximum atomic E-state index is 12.6. The topological polar surface area (TPSA) is 58.6 Å². The molecule has 2 amide bonds. The number of carbonyl (C=O) groups is 2. The number of aryl methyl sites for hydroxylation is 1. The fraction of sp³-hybridized carbons (Fsp3) is 0.273. The van der Waals surface area contributed by atoms with Crippen molar-refractivity contribution in [2.75, 3.05) is 11.6 Å². The zero-order valence-corrected chi connectivity index (χ0v) is 15.7. The molecule has 5 nitrogen and oxygen atoms in total. The van der Waals surface area contributed by atoms with Crippen LogP contribution in [0, 0.1) is 6.92 Å². The van der Waals surface area contributed by atoms with Gasteiger partial charge in [0.15, 0.2) is 0 Å². The summed E-state index contributed by atoms with van der Waals surface area (Å²) in [5.41, 5.74) is 5.13. The molecule has 27 heavy (non-hydrogen) atoms.